The number of nitrogens with zero attached hydrogens (tertiary/aromatic N) is 2. The third-order valence-corrected chi connectivity index (χ3v) is 1.52. The Morgan fingerprint density at radius 2 is 1.93 bits per heavy atom. The summed E-state index contributed by atoms with van der Waals surface area (Å²) < 4.78 is 36.6. The molecule has 1 rings (SSSR count). The molecule has 0 saturated carbocycles. The minimum absolute atomic E-state index is 0.393. The van der Waals surface area contributed by atoms with Crippen molar-refractivity contribution in [2.24, 2.45) is 0 Å². The summed E-state index contributed by atoms with van der Waals surface area (Å²) in [7, 11) is -2.34. The molecule has 0 saturated heterocycles. The summed E-state index contributed by atoms with van der Waals surface area (Å²) >= 11 is 5.20. The molecular formula is C5H3BClF3N2O2. The first-order valence-corrected chi connectivity index (χ1v) is 3.66. The maximum Gasteiger partial charge on any atom is 0.508 e. The summed E-state index contributed by atoms with van der Waals surface area (Å²) in [5, 5.41) is 16.7. The Hall–Kier alpha value is -0.855. The molecule has 0 fully saturated rings. The molecule has 0 amide bonds. The lowest BCUT2D eigenvalue weighted by atomic mass is 9.82. The largest absolute Gasteiger partial charge is 0.508 e. The Bertz CT molecular complexity index is 346. The van der Waals surface area contributed by atoms with Crippen molar-refractivity contribution in [3.8, 4) is 0 Å². The van der Waals surface area contributed by atoms with Crippen LogP contribution in [0.5, 0.6) is 0 Å². The van der Waals surface area contributed by atoms with Gasteiger partial charge in [-0.15, -0.1) is 0 Å². The summed E-state index contributed by atoms with van der Waals surface area (Å²) in [6.07, 6.45) is -4.35. The van der Waals surface area contributed by atoms with Crippen LogP contribution in [-0.4, -0.2) is 27.1 Å². The lowest BCUT2D eigenvalue weighted by Crippen LogP contribution is -2.39. The molecule has 2 N–H and O–H groups in total. The van der Waals surface area contributed by atoms with Gasteiger partial charge in [-0.2, -0.15) is 13.2 Å². The molecule has 4 nitrogen and oxygen atoms in total. The van der Waals surface area contributed by atoms with E-state index in [0.717, 1.165) is 0 Å². The summed E-state index contributed by atoms with van der Waals surface area (Å²) in [6, 6.07) is 0. The maximum absolute atomic E-state index is 12.2. The highest BCUT2D eigenvalue weighted by atomic mass is 35.5. The van der Waals surface area contributed by atoms with Crippen molar-refractivity contribution in [3.05, 3.63) is 17.0 Å². The normalized spacial score (nSPS) is 11.6. The third-order valence-electron chi connectivity index (χ3n) is 1.34. The monoisotopic (exact) mass is 226 g/mol. The van der Waals surface area contributed by atoms with E-state index in [-0.39, 0.29) is 0 Å². The fraction of sp³-hybridized carbons (Fsp3) is 0.200. The Morgan fingerprint density at radius 1 is 1.36 bits per heavy atom. The van der Waals surface area contributed by atoms with Crippen molar-refractivity contribution in [1.82, 2.24) is 9.97 Å². The Morgan fingerprint density at radius 3 is 2.36 bits per heavy atom. The van der Waals surface area contributed by atoms with Gasteiger partial charge in [0.15, 0.2) is 0 Å². The summed E-state index contributed by atoms with van der Waals surface area (Å²) in [5.74, 6) is 0. The van der Waals surface area contributed by atoms with Crippen molar-refractivity contribution in [3.63, 3.8) is 0 Å². The van der Waals surface area contributed by atoms with Gasteiger partial charge in [0.25, 0.3) is 0 Å². The van der Waals surface area contributed by atoms with Crippen LogP contribution in [0.15, 0.2) is 6.20 Å². The standard InChI is InChI=1S/C5H3BClF3N2O2/c7-4-11-1-2(5(8,9)10)3(12-4)6(13)14/h1,13-14H. The van der Waals surface area contributed by atoms with Crippen molar-refractivity contribution < 1.29 is 23.2 Å². The highest BCUT2D eigenvalue weighted by Crippen LogP contribution is 2.27. The minimum atomic E-state index is -4.75. The first kappa shape index (κ1) is 11.2. The topological polar surface area (TPSA) is 66.2 Å². The SMILES string of the molecule is OB(O)c1nc(Cl)ncc1C(F)(F)F. The van der Waals surface area contributed by atoms with Crippen molar-refractivity contribution >= 4 is 24.3 Å². The van der Waals surface area contributed by atoms with E-state index < -0.39 is 29.7 Å². The van der Waals surface area contributed by atoms with Crippen LogP contribution >= 0.6 is 11.6 Å². The number of aromatic nitrogens is 2. The Kier molecular flexibility index (Phi) is 2.98. The molecule has 1 aromatic rings. The van der Waals surface area contributed by atoms with Crippen LogP contribution in [0.4, 0.5) is 13.2 Å². The van der Waals surface area contributed by atoms with E-state index in [1.54, 1.807) is 0 Å². The molecule has 0 atom stereocenters. The number of halogens is 4. The van der Waals surface area contributed by atoms with E-state index in [4.69, 9.17) is 21.6 Å². The van der Waals surface area contributed by atoms with Crippen molar-refractivity contribution in [2.75, 3.05) is 0 Å². The van der Waals surface area contributed by atoms with E-state index in [1.165, 1.54) is 0 Å². The average molecular weight is 226 g/mol. The lowest BCUT2D eigenvalue weighted by Gasteiger charge is -2.10. The van der Waals surface area contributed by atoms with Crippen LogP contribution in [0.25, 0.3) is 0 Å². The second-order valence-corrected chi connectivity index (χ2v) is 2.65. The van der Waals surface area contributed by atoms with Gasteiger partial charge in [0.05, 0.1) is 11.2 Å². The van der Waals surface area contributed by atoms with Gasteiger partial charge >= 0.3 is 13.3 Å². The second-order valence-electron chi connectivity index (χ2n) is 2.31. The fourth-order valence-corrected chi connectivity index (χ4v) is 0.928. The highest BCUT2D eigenvalue weighted by molar-refractivity contribution is 6.58. The number of alkyl halides is 3. The smallest absolute Gasteiger partial charge is 0.422 e. The van der Waals surface area contributed by atoms with Gasteiger partial charge in [0.1, 0.15) is 0 Å². The molecule has 1 heterocycles. The van der Waals surface area contributed by atoms with Crippen LogP contribution in [0.2, 0.25) is 5.28 Å². The van der Waals surface area contributed by atoms with E-state index >= 15 is 0 Å². The molecule has 14 heavy (non-hydrogen) atoms. The Labute approximate surface area is 81.5 Å². The molecule has 0 unspecified atom stereocenters. The summed E-state index contributed by atoms with van der Waals surface area (Å²) in [6.45, 7) is 0. The second kappa shape index (κ2) is 3.72. The van der Waals surface area contributed by atoms with Crippen molar-refractivity contribution in [2.45, 2.75) is 6.18 Å². The van der Waals surface area contributed by atoms with E-state index in [2.05, 4.69) is 9.97 Å². The van der Waals surface area contributed by atoms with Crippen molar-refractivity contribution in [1.29, 1.82) is 0 Å². The molecule has 76 valence electrons. The van der Waals surface area contributed by atoms with E-state index in [0.29, 0.717) is 6.20 Å². The highest BCUT2D eigenvalue weighted by Gasteiger charge is 2.38. The molecule has 0 aliphatic carbocycles. The van der Waals surface area contributed by atoms with Crippen LogP contribution in [0, 0.1) is 0 Å². The zero-order chi connectivity index (χ0) is 10.9. The van der Waals surface area contributed by atoms with Gasteiger partial charge in [-0.25, -0.2) is 9.97 Å². The maximum atomic E-state index is 12.2. The predicted molar refractivity (Wildman–Crippen MR) is 41.9 cm³/mol. The van der Waals surface area contributed by atoms with Gasteiger partial charge in [-0.3, -0.25) is 0 Å². The third kappa shape index (κ3) is 2.34. The van der Waals surface area contributed by atoms with Gasteiger partial charge in [0.2, 0.25) is 5.28 Å². The first-order valence-electron chi connectivity index (χ1n) is 3.28. The summed E-state index contributed by atoms with van der Waals surface area (Å²) in [5.41, 5.74) is -2.28. The zero-order valence-electron chi connectivity index (χ0n) is 6.46. The molecule has 1 aromatic heterocycles. The van der Waals surface area contributed by atoms with Gasteiger partial charge < -0.3 is 10.0 Å². The molecule has 9 heteroatoms. The fourth-order valence-electron chi connectivity index (χ4n) is 0.788. The molecule has 0 aromatic carbocycles. The average Bonchev–Trinajstić information content (AvgIpc) is 2.01. The van der Waals surface area contributed by atoms with Crippen LogP contribution < -0.4 is 5.59 Å². The van der Waals surface area contributed by atoms with Gasteiger partial charge in [0, 0.05) is 6.20 Å². The molecule has 0 spiro atoms. The minimum Gasteiger partial charge on any atom is -0.422 e. The lowest BCUT2D eigenvalue weighted by molar-refractivity contribution is -0.137. The quantitative estimate of drug-likeness (QED) is 0.515. The van der Waals surface area contributed by atoms with Gasteiger partial charge in [-0.1, -0.05) is 0 Å². The molecule has 0 radical (unpaired) electrons. The van der Waals surface area contributed by atoms with Crippen LogP contribution in [0.1, 0.15) is 5.56 Å². The van der Waals surface area contributed by atoms with E-state index in [9.17, 15) is 13.2 Å². The Balaban J connectivity index is 3.29. The number of hydrogen-bond donors (Lipinski definition) is 2. The molecule has 0 aliphatic heterocycles. The summed E-state index contributed by atoms with van der Waals surface area (Å²) in [4.78, 5) is 6.17. The molecular weight excluding hydrogens is 223 g/mol. The van der Waals surface area contributed by atoms with Crippen LogP contribution in [-0.2, 0) is 6.18 Å². The first-order chi connectivity index (χ1) is 6.32. The number of rotatable bonds is 1. The molecule has 0 bridgehead atoms. The van der Waals surface area contributed by atoms with Gasteiger partial charge in [-0.05, 0) is 11.6 Å². The molecule has 0 aliphatic rings. The van der Waals surface area contributed by atoms with Crippen LogP contribution in [0.3, 0.4) is 0 Å². The predicted octanol–water partition coefficient (Wildman–Crippen LogP) is -0.171. The van der Waals surface area contributed by atoms with E-state index in [1.807, 2.05) is 0 Å². The zero-order valence-corrected chi connectivity index (χ0v) is 7.21. The number of hydrogen-bond acceptors (Lipinski definition) is 4.